The van der Waals surface area contributed by atoms with Crippen molar-refractivity contribution in [2.24, 2.45) is 0 Å². The molecule has 1 aromatic heterocycles. The van der Waals surface area contributed by atoms with Crippen molar-refractivity contribution >= 4 is 15.9 Å². The average Bonchev–Trinajstić information content (AvgIpc) is 2.76. The van der Waals surface area contributed by atoms with Crippen LogP contribution in [0.25, 0.3) is 11.5 Å². The minimum absolute atomic E-state index is 0.596. The predicted molar refractivity (Wildman–Crippen MR) is 66.0 cm³/mol. The molecule has 0 saturated carbocycles. The zero-order valence-electron chi connectivity index (χ0n) is 9.11. The smallest absolute Gasteiger partial charge is 0.247 e. The number of aromatic nitrogens is 2. The third-order valence-electron chi connectivity index (χ3n) is 2.30. The van der Waals surface area contributed by atoms with Crippen LogP contribution in [0.3, 0.4) is 0 Å². The number of rotatable bonds is 4. The van der Waals surface area contributed by atoms with Gasteiger partial charge in [-0.1, -0.05) is 29.3 Å². The summed E-state index contributed by atoms with van der Waals surface area (Å²) in [6.45, 7) is 2.14. The first kappa shape index (κ1) is 11.3. The molecule has 0 aliphatic rings. The number of aryl methyl sites for hydroxylation is 1. The molecule has 3 nitrogen and oxygen atoms in total. The van der Waals surface area contributed by atoms with E-state index in [4.69, 9.17) is 4.42 Å². The standard InChI is InChI=1S/C12H13BrN2O/c1-2-3-4-11-14-15-12(16-11)9-5-7-10(13)8-6-9/h5-8H,2-4H2,1H3. The van der Waals surface area contributed by atoms with Gasteiger partial charge >= 0.3 is 0 Å². The van der Waals surface area contributed by atoms with Crippen molar-refractivity contribution < 1.29 is 4.42 Å². The number of hydrogen-bond acceptors (Lipinski definition) is 3. The van der Waals surface area contributed by atoms with Crippen molar-refractivity contribution in [3.05, 3.63) is 34.6 Å². The van der Waals surface area contributed by atoms with Crippen LogP contribution in [0.4, 0.5) is 0 Å². The first-order valence-corrected chi connectivity index (χ1v) is 6.17. The summed E-state index contributed by atoms with van der Waals surface area (Å²) in [6, 6.07) is 7.85. The maximum atomic E-state index is 5.57. The number of unbranched alkanes of at least 4 members (excludes halogenated alkanes) is 1. The van der Waals surface area contributed by atoms with Crippen molar-refractivity contribution in [2.45, 2.75) is 26.2 Å². The van der Waals surface area contributed by atoms with Crippen LogP contribution in [0.15, 0.2) is 33.2 Å². The van der Waals surface area contributed by atoms with Crippen molar-refractivity contribution in [1.82, 2.24) is 10.2 Å². The number of halogens is 1. The van der Waals surface area contributed by atoms with E-state index in [9.17, 15) is 0 Å². The van der Waals surface area contributed by atoms with Crippen molar-refractivity contribution in [3.8, 4) is 11.5 Å². The topological polar surface area (TPSA) is 38.9 Å². The van der Waals surface area contributed by atoms with Crippen LogP contribution in [0, 0.1) is 0 Å². The Morgan fingerprint density at radius 1 is 1.19 bits per heavy atom. The SMILES string of the molecule is CCCCc1nnc(-c2ccc(Br)cc2)o1. The zero-order chi connectivity index (χ0) is 11.4. The summed E-state index contributed by atoms with van der Waals surface area (Å²) in [5.74, 6) is 1.32. The van der Waals surface area contributed by atoms with E-state index in [1.807, 2.05) is 24.3 Å². The second kappa shape index (κ2) is 5.25. The monoisotopic (exact) mass is 280 g/mol. The van der Waals surface area contributed by atoms with Gasteiger partial charge in [-0.25, -0.2) is 0 Å². The minimum atomic E-state index is 0.596. The first-order chi connectivity index (χ1) is 7.79. The minimum Gasteiger partial charge on any atom is -0.421 e. The van der Waals surface area contributed by atoms with E-state index in [2.05, 4.69) is 33.1 Å². The second-order valence-corrected chi connectivity index (χ2v) is 4.53. The van der Waals surface area contributed by atoms with Gasteiger partial charge < -0.3 is 4.42 Å². The van der Waals surface area contributed by atoms with Gasteiger partial charge in [0.15, 0.2) is 0 Å². The Hall–Kier alpha value is -1.16. The molecule has 16 heavy (non-hydrogen) atoms. The Labute approximate surface area is 103 Å². The molecular formula is C12H13BrN2O. The maximum Gasteiger partial charge on any atom is 0.247 e. The third kappa shape index (κ3) is 2.70. The van der Waals surface area contributed by atoms with E-state index in [1.165, 1.54) is 0 Å². The van der Waals surface area contributed by atoms with Gasteiger partial charge in [0.05, 0.1) is 0 Å². The summed E-state index contributed by atoms with van der Waals surface area (Å²) in [7, 11) is 0. The summed E-state index contributed by atoms with van der Waals surface area (Å²) in [5, 5.41) is 8.06. The van der Waals surface area contributed by atoms with Crippen molar-refractivity contribution in [3.63, 3.8) is 0 Å². The van der Waals surface area contributed by atoms with Crippen molar-refractivity contribution in [2.75, 3.05) is 0 Å². The molecule has 0 aliphatic heterocycles. The summed E-state index contributed by atoms with van der Waals surface area (Å²) in [5.41, 5.74) is 0.957. The lowest BCUT2D eigenvalue weighted by Crippen LogP contribution is -1.83. The molecule has 0 spiro atoms. The number of hydrogen-bond donors (Lipinski definition) is 0. The van der Waals surface area contributed by atoms with E-state index in [0.717, 1.165) is 35.2 Å². The highest BCUT2D eigenvalue weighted by Crippen LogP contribution is 2.20. The van der Waals surface area contributed by atoms with Gasteiger partial charge in [0.25, 0.3) is 0 Å². The highest BCUT2D eigenvalue weighted by atomic mass is 79.9. The van der Waals surface area contributed by atoms with Gasteiger partial charge in [-0.3, -0.25) is 0 Å². The van der Waals surface area contributed by atoms with Gasteiger partial charge in [0, 0.05) is 16.5 Å². The summed E-state index contributed by atoms with van der Waals surface area (Å²) < 4.78 is 6.62. The van der Waals surface area contributed by atoms with E-state index in [0.29, 0.717) is 5.89 Å². The van der Waals surface area contributed by atoms with E-state index < -0.39 is 0 Å². The Morgan fingerprint density at radius 2 is 1.94 bits per heavy atom. The lowest BCUT2D eigenvalue weighted by atomic mass is 10.2. The molecule has 84 valence electrons. The molecular weight excluding hydrogens is 268 g/mol. The molecule has 0 aliphatic carbocycles. The fourth-order valence-electron chi connectivity index (χ4n) is 1.39. The Kier molecular flexibility index (Phi) is 3.72. The van der Waals surface area contributed by atoms with Gasteiger partial charge in [0.1, 0.15) is 0 Å². The molecule has 2 aromatic rings. The number of benzene rings is 1. The largest absolute Gasteiger partial charge is 0.421 e. The van der Waals surface area contributed by atoms with Crippen LogP contribution in [0.1, 0.15) is 25.7 Å². The van der Waals surface area contributed by atoms with Crippen LogP contribution in [-0.2, 0) is 6.42 Å². The molecule has 1 aromatic carbocycles. The first-order valence-electron chi connectivity index (χ1n) is 5.38. The number of nitrogens with zero attached hydrogens (tertiary/aromatic N) is 2. The van der Waals surface area contributed by atoms with Gasteiger partial charge in [-0.2, -0.15) is 0 Å². The lowest BCUT2D eigenvalue weighted by molar-refractivity contribution is 0.496. The van der Waals surface area contributed by atoms with E-state index >= 15 is 0 Å². The Morgan fingerprint density at radius 3 is 2.62 bits per heavy atom. The molecule has 1 heterocycles. The Bertz CT molecular complexity index is 450. The fourth-order valence-corrected chi connectivity index (χ4v) is 1.66. The summed E-state index contributed by atoms with van der Waals surface area (Å²) in [6.07, 6.45) is 3.08. The molecule has 2 rings (SSSR count). The average molecular weight is 281 g/mol. The van der Waals surface area contributed by atoms with Crippen LogP contribution < -0.4 is 0 Å². The quantitative estimate of drug-likeness (QED) is 0.854. The van der Waals surface area contributed by atoms with Crippen molar-refractivity contribution in [1.29, 1.82) is 0 Å². The molecule has 0 fully saturated rings. The highest BCUT2D eigenvalue weighted by Gasteiger charge is 2.07. The maximum absolute atomic E-state index is 5.57. The molecule has 0 N–H and O–H groups in total. The fraction of sp³-hybridized carbons (Fsp3) is 0.333. The molecule has 0 unspecified atom stereocenters. The third-order valence-corrected chi connectivity index (χ3v) is 2.83. The molecule has 0 saturated heterocycles. The normalized spacial score (nSPS) is 10.6. The van der Waals surface area contributed by atoms with Gasteiger partial charge in [-0.15, -0.1) is 10.2 Å². The van der Waals surface area contributed by atoms with Crippen LogP contribution >= 0.6 is 15.9 Å². The molecule has 0 amide bonds. The molecule has 0 atom stereocenters. The second-order valence-electron chi connectivity index (χ2n) is 3.61. The van der Waals surface area contributed by atoms with Gasteiger partial charge in [0.2, 0.25) is 11.8 Å². The summed E-state index contributed by atoms with van der Waals surface area (Å²) in [4.78, 5) is 0. The lowest BCUT2D eigenvalue weighted by Gasteiger charge is -1.94. The molecule has 0 radical (unpaired) electrons. The Balaban J connectivity index is 2.15. The van der Waals surface area contributed by atoms with Gasteiger partial charge in [-0.05, 0) is 30.7 Å². The van der Waals surface area contributed by atoms with Crippen LogP contribution in [0.2, 0.25) is 0 Å². The van der Waals surface area contributed by atoms with E-state index in [1.54, 1.807) is 0 Å². The predicted octanol–water partition coefficient (Wildman–Crippen LogP) is 3.84. The highest BCUT2D eigenvalue weighted by molar-refractivity contribution is 9.10. The van der Waals surface area contributed by atoms with Crippen LogP contribution in [0.5, 0.6) is 0 Å². The molecule has 4 heteroatoms. The van der Waals surface area contributed by atoms with Crippen LogP contribution in [-0.4, -0.2) is 10.2 Å². The zero-order valence-corrected chi connectivity index (χ0v) is 10.7. The van der Waals surface area contributed by atoms with E-state index in [-0.39, 0.29) is 0 Å². The summed E-state index contributed by atoms with van der Waals surface area (Å²) >= 11 is 3.39. The molecule has 0 bridgehead atoms.